The summed E-state index contributed by atoms with van der Waals surface area (Å²) in [6.07, 6.45) is 3.97. The lowest BCUT2D eigenvalue weighted by molar-refractivity contribution is 0.628. The third kappa shape index (κ3) is 2.41. The summed E-state index contributed by atoms with van der Waals surface area (Å²) in [4.78, 5) is 4.65. The minimum atomic E-state index is -0.248. The Kier molecular flexibility index (Phi) is 3.20. The van der Waals surface area contributed by atoms with Crippen molar-refractivity contribution in [1.29, 1.82) is 0 Å². The van der Waals surface area contributed by atoms with E-state index in [4.69, 9.17) is 11.6 Å². The van der Waals surface area contributed by atoms with Crippen LogP contribution in [-0.4, -0.2) is 14.0 Å². The number of halogens is 2. The van der Waals surface area contributed by atoms with Crippen LogP contribution in [0.4, 0.5) is 4.39 Å². The summed E-state index contributed by atoms with van der Waals surface area (Å²) in [5.74, 6) is 0.580. The fourth-order valence-electron chi connectivity index (χ4n) is 2.70. The van der Waals surface area contributed by atoms with Crippen molar-refractivity contribution in [1.82, 2.24) is 14.0 Å². The van der Waals surface area contributed by atoms with Gasteiger partial charge in [0.05, 0.1) is 11.4 Å². The zero-order valence-electron chi connectivity index (χ0n) is 12.4. The number of imidazole rings is 2. The maximum atomic E-state index is 13.0. The second kappa shape index (κ2) is 5.25. The van der Waals surface area contributed by atoms with Gasteiger partial charge in [-0.1, -0.05) is 23.7 Å². The highest BCUT2D eigenvalue weighted by Gasteiger charge is 2.12. The third-order valence-corrected chi connectivity index (χ3v) is 4.17. The third-order valence-electron chi connectivity index (χ3n) is 3.92. The Morgan fingerprint density at radius 1 is 0.913 bits per heavy atom. The molecule has 0 amide bonds. The Bertz CT molecular complexity index is 982. The predicted molar refractivity (Wildman–Crippen MR) is 90.0 cm³/mol. The van der Waals surface area contributed by atoms with Crippen LogP contribution in [0.2, 0.25) is 5.02 Å². The molecule has 0 aliphatic carbocycles. The van der Waals surface area contributed by atoms with Gasteiger partial charge in [-0.25, -0.2) is 9.37 Å². The first kappa shape index (κ1) is 14.0. The maximum Gasteiger partial charge on any atom is 0.214 e. The van der Waals surface area contributed by atoms with Crippen molar-refractivity contribution in [3.8, 4) is 22.5 Å². The van der Waals surface area contributed by atoms with Crippen LogP contribution in [0.5, 0.6) is 0 Å². The van der Waals surface area contributed by atoms with Gasteiger partial charge in [0.25, 0.3) is 0 Å². The minimum Gasteiger partial charge on any atom is -0.313 e. The number of fused-ring (bicyclic) bond motifs is 1. The second-order valence-electron chi connectivity index (χ2n) is 5.42. The molecule has 0 fully saturated rings. The Labute approximate surface area is 137 Å². The van der Waals surface area contributed by atoms with E-state index in [1.807, 2.05) is 52.7 Å². The van der Waals surface area contributed by atoms with E-state index in [2.05, 4.69) is 4.98 Å². The highest BCUT2D eigenvalue weighted by molar-refractivity contribution is 6.30. The second-order valence-corrected chi connectivity index (χ2v) is 5.86. The van der Waals surface area contributed by atoms with Crippen LogP contribution >= 0.6 is 11.6 Å². The summed E-state index contributed by atoms with van der Waals surface area (Å²) < 4.78 is 17.0. The smallest absolute Gasteiger partial charge is 0.214 e. The van der Waals surface area contributed by atoms with E-state index in [9.17, 15) is 4.39 Å². The molecular weight excluding hydrogens is 313 g/mol. The summed E-state index contributed by atoms with van der Waals surface area (Å²) in [7, 11) is 1.97. The van der Waals surface area contributed by atoms with Crippen LogP contribution in [0.15, 0.2) is 60.9 Å². The van der Waals surface area contributed by atoms with E-state index in [0.717, 1.165) is 28.3 Å². The lowest BCUT2D eigenvalue weighted by atomic mass is 10.1. The standard InChI is InChI=1S/C18H13ClFN3/c1-22-17(13-2-6-14(19)7-3-13)11-23-10-16(21-18(22)23)12-4-8-15(20)9-5-12/h2-11H,1H3. The molecule has 3 nitrogen and oxygen atoms in total. The number of aromatic nitrogens is 3. The van der Waals surface area contributed by atoms with Crippen molar-refractivity contribution in [3.63, 3.8) is 0 Å². The SMILES string of the molecule is Cn1c(-c2ccc(Cl)cc2)cn2cc(-c3ccc(F)cc3)nc12. The zero-order chi connectivity index (χ0) is 16.0. The summed E-state index contributed by atoms with van der Waals surface area (Å²) in [5, 5.41) is 0.714. The molecule has 5 heteroatoms. The molecule has 2 heterocycles. The van der Waals surface area contributed by atoms with Crippen molar-refractivity contribution in [3.05, 3.63) is 71.8 Å². The molecule has 4 aromatic rings. The fraction of sp³-hybridized carbons (Fsp3) is 0.0556. The highest BCUT2D eigenvalue weighted by atomic mass is 35.5. The maximum absolute atomic E-state index is 13.0. The molecule has 0 saturated heterocycles. The van der Waals surface area contributed by atoms with Crippen molar-refractivity contribution in [2.24, 2.45) is 7.05 Å². The van der Waals surface area contributed by atoms with Crippen LogP contribution in [0.1, 0.15) is 0 Å². The molecule has 0 atom stereocenters. The number of rotatable bonds is 2. The molecule has 23 heavy (non-hydrogen) atoms. The Hall–Kier alpha value is -2.59. The average Bonchev–Trinajstić information content (AvgIpc) is 3.09. The molecule has 4 rings (SSSR count). The van der Waals surface area contributed by atoms with Crippen molar-refractivity contribution < 1.29 is 4.39 Å². The van der Waals surface area contributed by atoms with Gasteiger partial charge in [-0.15, -0.1) is 0 Å². The van der Waals surface area contributed by atoms with E-state index < -0.39 is 0 Å². The number of aryl methyl sites for hydroxylation is 1. The fourth-order valence-corrected chi connectivity index (χ4v) is 2.83. The summed E-state index contributed by atoms with van der Waals surface area (Å²) in [5.41, 5.74) is 3.84. The van der Waals surface area contributed by atoms with E-state index in [0.29, 0.717) is 5.02 Å². The topological polar surface area (TPSA) is 22.2 Å². The monoisotopic (exact) mass is 325 g/mol. The zero-order valence-corrected chi connectivity index (χ0v) is 13.1. The number of hydrogen-bond donors (Lipinski definition) is 0. The molecule has 0 radical (unpaired) electrons. The summed E-state index contributed by atoms with van der Waals surface area (Å²) in [6, 6.07) is 14.1. The van der Waals surface area contributed by atoms with Crippen LogP contribution in [0.25, 0.3) is 28.3 Å². The molecule has 0 N–H and O–H groups in total. The Morgan fingerprint density at radius 3 is 2.22 bits per heavy atom. The van der Waals surface area contributed by atoms with Gasteiger partial charge in [-0.3, -0.25) is 4.40 Å². The van der Waals surface area contributed by atoms with Crippen molar-refractivity contribution >= 4 is 17.4 Å². The molecule has 0 saturated carbocycles. The van der Waals surface area contributed by atoms with Crippen LogP contribution in [0.3, 0.4) is 0 Å². The predicted octanol–water partition coefficient (Wildman–Crippen LogP) is 4.80. The van der Waals surface area contributed by atoms with Gasteiger partial charge in [-0.05, 0) is 42.0 Å². The van der Waals surface area contributed by atoms with Crippen LogP contribution in [0, 0.1) is 5.82 Å². The summed E-state index contributed by atoms with van der Waals surface area (Å²) in [6.45, 7) is 0. The Morgan fingerprint density at radius 2 is 1.57 bits per heavy atom. The lowest BCUT2D eigenvalue weighted by Gasteiger charge is -2.02. The van der Waals surface area contributed by atoms with Crippen LogP contribution in [-0.2, 0) is 7.05 Å². The van der Waals surface area contributed by atoms with Crippen molar-refractivity contribution in [2.45, 2.75) is 0 Å². The quantitative estimate of drug-likeness (QED) is 0.519. The molecule has 2 aromatic heterocycles. The molecule has 0 aliphatic heterocycles. The lowest BCUT2D eigenvalue weighted by Crippen LogP contribution is -1.92. The van der Waals surface area contributed by atoms with Gasteiger partial charge in [0.2, 0.25) is 5.78 Å². The number of hydrogen-bond acceptors (Lipinski definition) is 1. The van der Waals surface area contributed by atoms with Gasteiger partial charge in [0, 0.05) is 30.0 Å². The van der Waals surface area contributed by atoms with Gasteiger partial charge in [0.15, 0.2) is 0 Å². The molecular formula is C18H13ClFN3. The minimum absolute atomic E-state index is 0.248. The molecule has 0 bridgehead atoms. The van der Waals surface area contributed by atoms with E-state index in [1.54, 1.807) is 12.1 Å². The van der Waals surface area contributed by atoms with E-state index >= 15 is 0 Å². The van der Waals surface area contributed by atoms with Gasteiger partial charge >= 0.3 is 0 Å². The first-order valence-electron chi connectivity index (χ1n) is 7.18. The molecule has 0 spiro atoms. The van der Waals surface area contributed by atoms with Crippen molar-refractivity contribution in [2.75, 3.05) is 0 Å². The molecule has 0 unspecified atom stereocenters. The van der Waals surface area contributed by atoms with Gasteiger partial charge < -0.3 is 4.57 Å². The number of nitrogens with zero attached hydrogens (tertiary/aromatic N) is 3. The number of benzene rings is 2. The summed E-state index contributed by atoms with van der Waals surface area (Å²) >= 11 is 5.95. The van der Waals surface area contributed by atoms with E-state index in [-0.39, 0.29) is 5.82 Å². The molecule has 114 valence electrons. The Balaban J connectivity index is 1.80. The average molecular weight is 326 g/mol. The molecule has 2 aromatic carbocycles. The molecule has 0 aliphatic rings. The van der Waals surface area contributed by atoms with E-state index in [1.165, 1.54) is 12.1 Å². The first-order valence-corrected chi connectivity index (χ1v) is 7.56. The van der Waals surface area contributed by atoms with Gasteiger partial charge in [0.1, 0.15) is 5.82 Å². The van der Waals surface area contributed by atoms with Gasteiger partial charge in [-0.2, -0.15) is 0 Å². The normalized spacial score (nSPS) is 11.3. The largest absolute Gasteiger partial charge is 0.313 e. The van der Waals surface area contributed by atoms with Crippen LogP contribution < -0.4 is 0 Å². The first-order chi connectivity index (χ1) is 11.1. The highest BCUT2D eigenvalue weighted by Crippen LogP contribution is 2.26.